The quantitative estimate of drug-likeness (QED) is 0.769. The number of unbranched alkanes of at least 4 members (excludes halogenated alkanes) is 2. The molecule has 2 rings (SSSR count). The fourth-order valence-corrected chi connectivity index (χ4v) is 1.90. The number of carbonyl (C=O) groups is 1. The van der Waals surface area contributed by atoms with Crippen LogP contribution in [0.2, 0.25) is 0 Å². The van der Waals surface area contributed by atoms with E-state index in [1.807, 2.05) is 0 Å². The van der Waals surface area contributed by atoms with Crippen molar-refractivity contribution in [2.45, 2.75) is 26.2 Å². The highest BCUT2D eigenvalue weighted by atomic mass is 19.1. The zero-order valence-corrected chi connectivity index (χ0v) is 12.5. The first-order chi connectivity index (χ1) is 10.7. The third-order valence-electron chi connectivity index (χ3n) is 3.07. The minimum atomic E-state index is -0.421. The first kappa shape index (κ1) is 15.9. The van der Waals surface area contributed by atoms with Gasteiger partial charge in [0, 0.05) is 12.2 Å². The molecule has 116 valence electrons. The number of aromatic nitrogens is 2. The van der Waals surface area contributed by atoms with Crippen molar-refractivity contribution in [2.24, 2.45) is 0 Å². The molecule has 0 fully saturated rings. The molecule has 0 aliphatic carbocycles. The zero-order valence-electron chi connectivity index (χ0n) is 12.5. The summed E-state index contributed by atoms with van der Waals surface area (Å²) >= 11 is 0. The lowest BCUT2D eigenvalue weighted by Gasteiger charge is -2.06. The van der Waals surface area contributed by atoms with E-state index in [9.17, 15) is 9.18 Å². The highest BCUT2D eigenvalue weighted by Gasteiger charge is 2.09. The second-order valence-electron chi connectivity index (χ2n) is 4.90. The number of anilines is 2. The number of hydrogen-bond acceptors (Lipinski definition) is 4. The van der Waals surface area contributed by atoms with Crippen LogP contribution < -0.4 is 10.6 Å². The Bertz CT molecular complexity index is 616. The van der Waals surface area contributed by atoms with Gasteiger partial charge in [-0.1, -0.05) is 25.8 Å². The number of nitrogens with one attached hydrogen (secondary N) is 2. The summed E-state index contributed by atoms with van der Waals surface area (Å²) in [6, 6.07) is 8.99. The predicted octanol–water partition coefficient (Wildman–Crippen LogP) is 3.47. The van der Waals surface area contributed by atoms with Gasteiger partial charge in [-0.3, -0.25) is 4.79 Å². The van der Waals surface area contributed by atoms with Crippen LogP contribution in [0.4, 0.5) is 15.9 Å². The molecule has 0 saturated carbocycles. The lowest BCUT2D eigenvalue weighted by atomic mass is 10.2. The molecular weight excluding hydrogens is 283 g/mol. The Hall–Kier alpha value is -2.50. The number of rotatable bonds is 7. The summed E-state index contributed by atoms with van der Waals surface area (Å²) in [4.78, 5) is 12.0. The average Bonchev–Trinajstić information content (AvgIpc) is 2.52. The predicted molar refractivity (Wildman–Crippen MR) is 84.4 cm³/mol. The van der Waals surface area contributed by atoms with Crippen LogP contribution in [0, 0.1) is 5.82 Å². The molecule has 0 spiro atoms. The van der Waals surface area contributed by atoms with E-state index in [0.29, 0.717) is 11.5 Å². The number of carbonyl (C=O) groups excluding carboxylic acids is 1. The maximum absolute atomic E-state index is 13.1. The molecule has 22 heavy (non-hydrogen) atoms. The molecule has 1 aromatic heterocycles. The standard InChI is InChI=1S/C16H19FN4O/c1-2-3-4-10-18-15-9-8-14(20-21-15)16(22)19-13-7-5-6-12(17)11-13/h5-9,11H,2-4,10H2,1H3,(H,18,21)(H,19,22). The molecule has 0 unspecified atom stereocenters. The van der Waals surface area contributed by atoms with Crippen LogP contribution in [0.5, 0.6) is 0 Å². The first-order valence-corrected chi connectivity index (χ1v) is 7.33. The van der Waals surface area contributed by atoms with Crippen LogP contribution in [0.25, 0.3) is 0 Å². The third-order valence-corrected chi connectivity index (χ3v) is 3.07. The molecule has 0 radical (unpaired) electrons. The topological polar surface area (TPSA) is 66.9 Å². The van der Waals surface area contributed by atoms with Crippen LogP contribution >= 0.6 is 0 Å². The van der Waals surface area contributed by atoms with Gasteiger partial charge < -0.3 is 10.6 Å². The van der Waals surface area contributed by atoms with Crippen LogP contribution in [-0.2, 0) is 0 Å². The monoisotopic (exact) mass is 302 g/mol. The van der Waals surface area contributed by atoms with Crippen molar-refractivity contribution in [1.29, 1.82) is 0 Å². The fraction of sp³-hybridized carbons (Fsp3) is 0.312. The van der Waals surface area contributed by atoms with Gasteiger partial charge in [0.1, 0.15) is 11.6 Å². The maximum atomic E-state index is 13.1. The lowest BCUT2D eigenvalue weighted by molar-refractivity contribution is 0.102. The summed E-state index contributed by atoms with van der Waals surface area (Å²) < 4.78 is 13.1. The molecule has 0 bridgehead atoms. The van der Waals surface area contributed by atoms with Crippen LogP contribution in [0.15, 0.2) is 36.4 Å². The Kier molecular flexibility index (Phi) is 5.82. The van der Waals surface area contributed by atoms with Gasteiger partial charge in [0.2, 0.25) is 0 Å². The normalized spacial score (nSPS) is 10.3. The number of benzene rings is 1. The van der Waals surface area contributed by atoms with E-state index < -0.39 is 11.7 Å². The molecule has 0 saturated heterocycles. The Labute approximate surface area is 129 Å². The molecule has 1 amide bonds. The van der Waals surface area contributed by atoms with E-state index >= 15 is 0 Å². The van der Waals surface area contributed by atoms with Crippen molar-refractivity contribution >= 4 is 17.4 Å². The summed E-state index contributed by atoms with van der Waals surface area (Å²) in [6.07, 6.45) is 3.39. The van der Waals surface area contributed by atoms with E-state index in [0.717, 1.165) is 25.8 Å². The Morgan fingerprint density at radius 3 is 2.73 bits per heavy atom. The molecule has 2 aromatic rings. The van der Waals surface area contributed by atoms with Gasteiger partial charge in [-0.05, 0) is 36.8 Å². The van der Waals surface area contributed by atoms with Gasteiger partial charge >= 0.3 is 0 Å². The average molecular weight is 302 g/mol. The van der Waals surface area contributed by atoms with Crippen molar-refractivity contribution in [3.63, 3.8) is 0 Å². The van der Waals surface area contributed by atoms with Gasteiger partial charge in [-0.25, -0.2) is 4.39 Å². The van der Waals surface area contributed by atoms with E-state index in [2.05, 4.69) is 27.8 Å². The smallest absolute Gasteiger partial charge is 0.276 e. The van der Waals surface area contributed by atoms with Gasteiger partial charge in [-0.2, -0.15) is 0 Å². The summed E-state index contributed by atoms with van der Waals surface area (Å²) in [5.74, 6) is -0.190. The maximum Gasteiger partial charge on any atom is 0.276 e. The van der Waals surface area contributed by atoms with Crippen molar-refractivity contribution in [2.75, 3.05) is 17.2 Å². The minimum absolute atomic E-state index is 0.184. The van der Waals surface area contributed by atoms with E-state index in [4.69, 9.17) is 0 Å². The van der Waals surface area contributed by atoms with Gasteiger partial charge in [0.25, 0.3) is 5.91 Å². The van der Waals surface area contributed by atoms with Crippen molar-refractivity contribution in [1.82, 2.24) is 10.2 Å². The Balaban J connectivity index is 1.90. The van der Waals surface area contributed by atoms with Gasteiger partial charge in [0.15, 0.2) is 5.69 Å². The lowest BCUT2D eigenvalue weighted by Crippen LogP contribution is -2.15. The van der Waals surface area contributed by atoms with E-state index in [1.165, 1.54) is 18.2 Å². The van der Waals surface area contributed by atoms with Crippen LogP contribution in [-0.4, -0.2) is 22.6 Å². The molecule has 1 aromatic carbocycles. The highest BCUT2D eigenvalue weighted by molar-refractivity contribution is 6.02. The van der Waals surface area contributed by atoms with E-state index in [-0.39, 0.29) is 5.69 Å². The van der Waals surface area contributed by atoms with Crippen LogP contribution in [0.3, 0.4) is 0 Å². The third kappa shape index (κ3) is 4.80. The summed E-state index contributed by atoms with van der Waals surface area (Å²) in [6.45, 7) is 2.98. The molecule has 2 N–H and O–H groups in total. The molecule has 5 nitrogen and oxygen atoms in total. The van der Waals surface area contributed by atoms with Crippen molar-refractivity contribution in [3.05, 3.63) is 47.9 Å². The largest absolute Gasteiger partial charge is 0.369 e. The van der Waals surface area contributed by atoms with Gasteiger partial charge in [-0.15, -0.1) is 10.2 Å². The summed E-state index contributed by atoms with van der Waals surface area (Å²) in [5, 5.41) is 13.6. The molecule has 6 heteroatoms. The molecule has 0 aliphatic heterocycles. The second kappa shape index (κ2) is 8.07. The number of halogens is 1. The SMILES string of the molecule is CCCCCNc1ccc(C(=O)Nc2cccc(F)c2)nn1. The number of hydrogen-bond donors (Lipinski definition) is 2. The van der Waals surface area contributed by atoms with E-state index in [1.54, 1.807) is 18.2 Å². The Morgan fingerprint density at radius 1 is 1.18 bits per heavy atom. The summed E-state index contributed by atoms with van der Waals surface area (Å²) in [7, 11) is 0. The van der Waals surface area contributed by atoms with Crippen molar-refractivity contribution in [3.8, 4) is 0 Å². The number of nitrogens with zero attached hydrogens (tertiary/aromatic N) is 2. The van der Waals surface area contributed by atoms with Crippen molar-refractivity contribution < 1.29 is 9.18 Å². The summed E-state index contributed by atoms with van der Waals surface area (Å²) in [5.41, 5.74) is 0.567. The minimum Gasteiger partial charge on any atom is -0.369 e. The molecule has 0 atom stereocenters. The zero-order chi connectivity index (χ0) is 15.8. The fourth-order valence-electron chi connectivity index (χ4n) is 1.90. The second-order valence-corrected chi connectivity index (χ2v) is 4.90. The molecular formula is C16H19FN4O. The molecule has 0 aliphatic rings. The van der Waals surface area contributed by atoms with Crippen LogP contribution in [0.1, 0.15) is 36.7 Å². The Morgan fingerprint density at radius 2 is 2.05 bits per heavy atom. The first-order valence-electron chi connectivity index (χ1n) is 7.33. The van der Waals surface area contributed by atoms with Gasteiger partial charge in [0.05, 0.1) is 0 Å². The highest BCUT2D eigenvalue weighted by Crippen LogP contribution is 2.11. The molecule has 1 heterocycles. The number of amides is 1.